The van der Waals surface area contributed by atoms with Gasteiger partial charge in [-0.05, 0) is 36.1 Å². The summed E-state index contributed by atoms with van der Waals surface area (Å²) in [6, 6.07) is 20.8. The standard InChI is InChI=1S/C26H29NO2/c1-18(2)22-17-21(28-4)15-16-26(22,3)25-27-23(19-11-7-5-8-12-19)24(29-25)20-13-9-6-10-14-20/h5-18,22-24H,1-4H3/t22-,23+,24+,26-/m0/s1. The summed E-state index contributed by atoms with van der Waals surface area (Å²) in [5.41, 5.74) is 2.01. The number of nitrogens with zero attached hydrogens (tertiary/aromatic N) is 1. The molecule has 29 heavy (non-hydrogen) atoms. The van der Waals surface area contributed by atoms with Crippen LogP contribution in [-0.2, 0) is 9.47 Å². The van der Waals surface area contributed by atoms with E-state index < -0.39 is 0 Å². The highest BCUT2D eigenvalue weighted by atomic mass is 16.5. The highest BCUT2D eigenvalue weighted by molar-refractivity contribution is 5.87. The number of rotatable bonds is 5. The van der Waals surface area contributed by atoms with Gasteiger partial charge >= 0.3 is 0 Å². The topological polar surface area (TPSA) is 30.8 Å². The zero-order valence-electron chi connectivity index (χ0n) is 17.6. The van der Waals surface area contributed by atoms with E-state index in [9.17, 15) is 0 Å². The number of methoxy groups -OCH3 is 1. The number of benzene rings is 2. The van der Waals surface area contributed by atoms with Crippen molar-refractivity contribution in [1.82, 2.24) is 0 Å². The van der Waals surface area contributed by atoms with Gasteiger partial charge in [0, 0.05) is 5.92 Å². The summed E-state index contributed by atoms with van der Waals surface area (Å²) >= 11 is 0. The Labute approximate surface area is 173 Å². The van der Waals surface area contributed by atoms with Gasteiger partial charge in [-0.25, -0.2) is 4.99 Å². The summed E-state index contributed by atoms with van der Waals surface area (Å²) in [5.74, 6) is 2.38. The predicted octanol–water partition coefficient (Wildman–Crippen LogP) is 6.28. The number of hydrogen-bond acceptors (Lipinski definition) is 3. The summed E-state index contributed by atoms with van der Waals surface area (Å²) in [7, 11) is 1.72. The first-order valence-corrected chi connectivity index (χ1v) is 10.3. The highest BCUT2D eigenvalue weighted by Gasteiger charge is 2.46. The molecule has 0 unspecified atom stereocenters. The lowest BCUT2D eigenvalue weighted by Crippen LogP contribution is -2.38. The lowest BCUT2D eigenvalue weighted by Gasteiger charge is -2.38. The molecule has 0 spiro atoms. The molecule has 0 bridgehead atoms. The van der Waals surface area contributed by atoms with Crippen molar-refractivity contribution >= 4 is 5.90 Å². The quantitative estimate of drug-likeness (QED) is 0.605. The summed E-state index contributed by atoms with van der Waals surface area (Å²) in [6.45, 7) is 6.71. The van der Waals surface area contributed by atoms with Crippen LogP contribution in [0.15, 0.2) is 89.6 Å². The third kappa shape index (κ3) is 3.62. The van der Waals surface area contributed by atoms with Gasteiger partial charge in [-0.1, -0.05) is 80.6 Å². The van der Waals surface area contributed by atoms with Gasteiger partial charge in [0.15, 0.2) is 12.0 Å². The van der Waals surface area contributed by atoms with E-state index in [0.29, 0.717) is 5.92 Å². The SMILES string of the molecule is COC1=C[C@@H](C(C)C)[C@@](C)(C2=N[C@H](c3ccccc3)[C@@H](c3ccccc3)O2)C=C1. The average molecular weight is 388 g/mol. The van der Waals surface area contributed by atoms with Gasteiger partial charge in [0.05, 0.1) is 12.5 Å². The van der Waals surface area contributed by atoms with Crippen LogP contribution in [0.5, 0.6) is 0 Å². The van der Waals surface area contributed by atoms with Crippen LogP contribution >= 0.6 is 0 Å². The average Bonchev–Trinajstić information content (AvgIpc) is 3.21. The van der Waals surface area contributed by atoms with Crippen molar-refractivity contribution in [3.05, 3.63) is 95.8 Å². The molecule has 2 aromatic carbocycles. The predicted molar refractivity (Wildman–Crippen MR) is 118 cm³/mol. The van der Waals surface area contributed by atoms with Gasteiger partial charge in [-0.2, -0.15) is 0 Å². The molecule has 1 aliphatic carbocycles. The molecule has 4 atom stereocenters. The van der Waals surface area contributed by atoms with Crippen molar-refractivity contribution in [2.24, 2.45) is 22.2 Å². The van der Waals surface area contributed by atoms with Crippen molar-refractivity contribution in [3.8, 4) is 0 Å². The Hall–Kier alpha value is -2.81. The van der Waals surface area contributed by atoms with E-state index in [4.69, 9.17) is 14.5 Å². The van der Waals surface area contributed by atoms with Crippen LogP contribution in [-0.4, -0.2) is 13.0 Å². The molecule has 0 radical (unpaired) electrons. The first-order valence-electron chi connectivity index (χ1n) is 10.3. The number of aliphatic imine (C=N–C) groups is 1. The second-order valence-corrected chi connectivity index (χ2v) is 8.40. The Bertz CT molecular complexity index is 930. The van der Waals surface area contributed by atoms with Crippen LogP contribution in [0.1, 0.15) is 44.0 Å². The molecule has 0 aromatic heterocycles. The van der Waals surface area contributed by atoms with Crippen LogP contribution in [0.25, 0.3) is 0 Å². The van der Waals surface area contributed by atoms with Gasteiger partial charge in [-0.15, -0.1) is 0 Å². The molecular formula is C26H29NO2. The second-order valence-electron chi connectivity index (χ2n) is 8.40. The fraction of sp³-hybridized carbons (Fsp3) is 0.346. The van der Waals surface area contributed by atoms with Crippen molar-refractivity contribution in [3.63, 3.8) is 0 Å². The zero-order valence-corrected chi connectivity index (χ0v) is 17.6. The Morgan fingerprint density at radius 3 is 2.17 bits per heavy atom. The van der Waals surface area contributed by atoms with Crippen molar-refractivity contribution in [2.75, 3.05) is 7.11 Å². The third-order valence-electron chi connectivity index (χ3n) is 6.10. The molecule has 4 rings (SSSR count). The number of ether oxygens (including phenoxy) is 2. The fourth-order valence-electron chi connectivity index (χ4n) is 4.47. The van der Waals surface area contributed by atoms with Gasteiger partial charge in [-0.3, -0.25) is 0 Å². The smallest absolute Gasteiger partial charge is 0.195 e. The van der Waals surface area contributed by atoms with E-state index in [1.165, 1.54) is 5.56 Å². The Balaban J connectivity index is 1.76. The molecule has 150 valence electrons. The molecule has 1 heterocycles. The summed E-state index contributed by atoms with van der Waals surface area (Å²) in [4.78, 5) is 5.17. The monoisotopic (exact) mass is 387 g/mol. The van der Waals surface area contributed by atoms with E-state index in [2.05, 4.69) is 81.5 Å². The lowest BCUT2D eigenvalue weighted by atomic mass is 9.68. The largest absolute Gasteiger partial charge is 0.497 e. The van der Waals surface area contributed by atoms with Crippen molar-refractivity contribution in [2.45, 2.75) is 32.9 Å². The van der Waals surface area contributed by atoms with E-state index in [1.807, 2.05) is 18.2 Å². The van der Waals surface area contributed by atoms with Gasteiger partial charge in [0.1, 0.15) is 11.8 Å². The summed E-state index contributed by atoms with van der Waals surface area (Å²) in [5, 5.41) is 0. The summed E-state index contributed by atoms with van der Waals surface area (Å²) < 4.78 is 12.1. The molecule has 1 aliphatic heterocycles. The third-order valence-corrected chi connectivity index (χ3v) is 6.10. The molecule has 0 amide bonds. The molecule has 2 aliphatic rings. The minimum Gasteiger partial charge on any atom is -0.497 e. The molecule has 3 heteroatoms. The Morgan fingerprint density at radius 1 is 0.966 bits per heavy atom. The normalized spacial score (nSPS) is 28.7. The first kappa shape index (κ1) is 19.5. The lowest BCUT2D eigenvalue weighted by molar-refractivity contribution is 0.160. The maximum absolute atomic E-state index is 6.63. The van der Waals surface area contributed by atoms with Crippen LogP contribution in [0, 0.1) is 17.3 Å². The summed E-state index contributed by atoms with van der Waals surface area (Å²) in [6.07, 6.45) is 6.33. The van der Waals surface area contributed by atoms with Gasteiger partial charge in [0.2, 0.25) is 0 Å². The van der Waals surface area contributed by atoms with Gasteiger partial charge < -0.3 is 9.47 Å². The van der Waals surface area contributed by atoms with Crippen molar-refractivity contribution < 1.29 is 9.47 Å². The maximum Gasteiger partial charge on any atom is 0.195 e. The van der Waals surface area contributed by atoms with E-state index in [-0.39, 0.29) is 23.5 Å². The van der Waals surface area contributed by atoms with Gasteiger partial charge in [0.25, 0.3) is 0 Å². The van der Waals surface area contributed by atoms with Crippen LogP contribution in [0.4, 0.5) is 0 Å². The fourth-order valence-corrected chi connectivity index (χ4v) is 4.47. The molecule has 0 saturated carbocycles. The Morgan fingerprint density at radius 2 is 1.59 bits per heavy atom. The molecule has 3 nitrogen and oxygen atoms in total. The molecule has 0 saturated heterocycles. The first-order chi connectivity index (χ1) is 14.0. The van der Waals surface area contributed by atoms with Crippen LogP contribution in [0.2, 0.25) is 0 Å². The molecular weight excluding hydrogens is 358 g/mol. The van der Waals surface area contributed by atoms with Crippen LogP contribution < -0.4 is 0 Å². The molecule has 2 aromatic rings. The van der Waals surface area contributed by atoms with E-state index >= 15 is 0 Å². The minimum atomic E-state index is -0.313. The van der Waals surface area contributed by atoms with Crippen LogP contribution in [0.3, 0.4) is 0 Å². The zero-order chi connectivity index (χ0) is 20.4. The molecule has 0 N–H and O–H groups in total. The van der Waals surface area contributed by atoms with E-state index in [1.54, 1.807) is 7.11 Å². The molecule has 0 fully saturated rings. The Kier molecular flexibility index (Phi) is 5.31. The van der Waals surface area contributed by atoms with Crippen molar-refractivity contribution in [1.29, 1.82) is 0 Å². The maximum atomic E-state index is 6.63. The number of hydrogen-bond donors (Lipinski definition) is 0. The highest BCUT2D eigenvalue weighted by Crippen LogP contribution is 2.48. The second kappa shape index (κ2) is 7.90. The minimum absolute atomic E-state index is 0.0561. The number of allylic oxidation sites excluding steroid dienone is 2. The van der Waals surface area contributed by atoms with E-state index in [0.717, 1.165) is 17.2 Å².